The van der Waals surface area contributed by atoms with Crippen molar-refractivity contribution in [2.75, 3.05) is 7.11 Å². The first-order chi connectivity index (χ1) is 11.1. The summed E-state index contributed by atoms with van der Waals surface area (Å²) >= 11 is 0. The van der Waals surface area contributed by atoms with Crippen LogP contribution in [0.25, 0.3) is 0 Å². The molecule has 0 bridgehead atoms. The summed E-state index contributed by atoms with van der Waals surface area (Å²) in [7, 11) is 1.38. The van der Waals surface area contributed by atoms with Crippen LogP contribution >= 0.6 is 0 Å². The van der Waals surface area contributed by atoms with Gasteiger partial charge in [-0.25, -0.2) is 0 Å². The fourth-order valence-corrected chi connectivity index (χ4v) is 2.66. The van der Waals surface area contributed by atoms with Gasteiger partial charge in [-0.05, 0) is 0 Å². The number of methoxy groups -OCH3 is 1. The molecule has 0 aromatic carbocycles. The van der Waals surface area contributed by atoms with Crippen LogP contribution in [0.2, 0.25) is 0 Å². The number of carbonyl (C=O) groups excluding carboxylic acids is 4. The van der Waals surface area contributed by atoms with Gasteiger partial charge < -0.3 is 23.7 Å². The van der Waals surface area contributed by atoms with Gasteiger partial charge in [0.2, 0.25) is 0 Å². The second-order valence-corrected chi connectivity index (χ2v) is 5.38. The molecule has 1 aliphatic carbocycles. The maximum atomic E-state index is 11.4. The van der Waals surface area contributed by atoms with E-state index in [0.717, 1.165) is 6.92 Å². The van der Waals surface area contributed by atoms with Gasteiger partial charge in [-0.15, -0.1) is 0 Å². The van der Waals surface area contributed by atoms with Crippen molar-refractivity contribution in [3.8, 4) is 0 Å². The molecule has 136 valence electrons. The summed E-state index contributed by atoms with van der Waals surface area (Å²) in [4.78, 5) is 45.6. The number of rotatable bonds is 5. The molecule has 24 heavy (non-hydrogen) atoms. The van der Waals surface area contributed by atoms with E-state index in [2.05, 4.69) is 0 Å². The number of esters is 4. The molecule has 0 aromatic heterocycles. The first-order valence-corrected chi connectivity index (χ1v) is 7.37. The lowest BCUT2D eigenvalue weighted by atomic mass is 9.86. The molecule has 1 fully saturated rings. The number of carbonyl (C=O) groups is 4. The third-order valence-electron chi connectivity index (χ3n) is 3.37. The zero-order chi connectivity index (χ0) is 18.4. The number of ether oxygens (including phenoxy) is 5. The lowest BCUT2D eigenvalue weighted by molar-refractivity contribution is -0.228. The van der Waals surface area contributed by atoms with E-state index in [1.165, 1.54) is 27.9 Å². The van der Waals surface area contributed by atoms with Gasteiger partial charge in [0, 0.05) is 41.2 Å². The number of hydrogen-bond acceptors (Lipinski definition) is 9. The highest BCUT2D eigenvalue weighted by molar-refractivity contribution is 5.69. The van der Waals surface area contributed by atoms with E-state index in [-0.39, 0.29) is 6.42 Å². The smallest absolute Gasteiger partial charge is 0.303 e. The van der Waals surface area contributed by atoms with Gasteiger partial charge in [0.15, 0.2) is 18.3 Å². The highest BCUT2D eigenvalue weighted by Gasteiger charge is 2.52. The quantitative estimate of drug-likeness (QED) is 0.506. The Bertz CT molecular complexity index is 501. The topological polar surface area (TPSA) is 114 Å². The summed E-state index contributed by atoms with van der Waals surface area (Å²) in [6.45, 7) is 4.72. The fraction of sp³-hybridized carbons (Fsp3) is 0.733. The van der Waals surface area contributed by atoms with Crippen LogP contribution in [0.4, 0.5) is 0 Å². The molecule has 5 atom stereocenters. The van der Waals surface area contributed by atoms with Crippen molar-refractivity contribution in [2.24, 2.45) is 0 Å². The third kappa shape index (κ3) is 5.48. The number of hydrogen-bond donors (Lipinski definition) is 0. The predicted octanol–water partition coefficient (Wildman–Crippen LogP) is 0.132. The highest BCUT2D eigenvalue weighted by atomic mass is 16.6. The summed E-state index contributed by atoms with van der Waals surface area (Å²) in [6, 6.07) is 0. The van der Waals surface area contributed by atoms with E-state index >= 15 is 0 Å². The lowest BCUT2D eigenvalue weighted by Crippen LogP contribution is -2.61. The average molecular weight is 346 g/mol. The van der Waals surface area contributed by atoms with E-state index < -0.39 is 54.4 Å². The van der Waals surface area contributed by atoms with Gasteiger partial charge in [0.05, 0.1) is 0 Å². The standard InChI is InChI=1S/C15H22O9/c1-7(16)21-12-6-11(20-5)13(22-8(2)17)15(24-10(4)19)14(12)23-9(3)18/h11-15H,6H2,1-5H3/t11-,12+,13+,14-,15+/m1/s1. The third-order valence-corrected chi connectivity index (χ3v) is 3.37. The van der Waals surface area contributed by atoms with Crippen LogP contribution in [0.15, 0.2) is 0 Å². The molecule has 0 N–H and O–H groups in total. The minimum atomic E-state index is -1.17. The van der Waals surface area contributed by atoms with Gasteiger partial charge in [0.25, 0.3) is 0 Å². The maximum Gasteiger partial charge on any atom is 0.303 e. The van der Waals surface area contributed by atoms with Crippen molar-refractivity contribution in [2.45, 2.75) is 64.6 Å². The Morgan fingerprint density at radius 2 is 1.00 bits per heavy atom. The Hall–Kier alpha value is -2.16. The van der Waals surface area contributed by atoms with Crippen LogP contribution in [-0.4, -0.2) is 61.5 Å². The molecule has 9 heteroatoms. The maximum absolute atomic E-state index is 11.4. The first-order valence-electron chi connectivity index (χ1n) is 7.37. The van der Waals surface area contributed by atoms with Gasteiger partial charge in [0.1, 0.15) is 12.2 Å². The molecule has 0 radical (unpaired) electrons. The van der Waals surface area contributed by atoms with E-state index in [1.54, 1.807) is 0 Å². The Kier molecular flexibility index (Phi) is 7.15. The molecule has 1 rings (SSSR count). The van der Waals surface area contributed by atoms with E-state index in [0.29, 0.717) is 0 Å². The van der Waals surface area contributed by atoms with Crippen LogP contribution in [0.1, 0.15) is 34.1 Å². The zero-order valence-corrected chi connectivity index (χ0v) is 14.3. The van der Waals surface area contributed by atoms with E-state index in [4.69, 9.17) is 23.7 Å². The molecule has 1 saturated carbocycles. The van der Waals surface area contributed by atoms with E-state index in [1.807, 2.05) is 0 Å². The van der Waals surface area contributed by atoms with Crippen molar-refractivity contribution < 1.29 is 42.9 Å². The second kappa shape index (κ2) is 8.62. The van der Waals surface area contributed by atoms with E-state index in [9.17, 15) is 19.2 Å². The molecule has 0 amide bonds. The summed E-state index contributed by atoms with van der Waals surface area (Å²) in [5.41, 5.74) is 0. The van der Waals surface area contributed by atoms with Crippen molar-refractivity contribution in [1.29, 1.82) is 0 Å². The average Bonchev–Trinajstić information content (AvgIpc) is 2.42. The van der Waals surface area contributed by atoms with Gasteiger partial charge in [-0.2, -0.15) is 0 Å². The van der Waals surface area contributed by atoms with Gasteiger partial charge in [-0.1, -0.05) is 0 Å². The summed E-state index contributed by atoms with van der Waals surface area (Å²) in [5.74, 6) is -2.55. The Morgan fingerprint density at radius 1 is 0.625 bits per heavy atom. The zero-order valence-electron chi connectivity index (χ0n) is 14.3. The highest BCUT2D eigenvalue weighted by Crippen LogP contribution is 2.31. The SMILES string of the molecule is CO[C@@H]1C[C@H](OC(C)=O)[C@@H](OC(C)=O)[C@@H](OC(C)=O)[C@H]1OC(C)=O. The van der Waals surface area contributed by atoms with Crippen LogP contribution in [0.5, 0.6) is 0 Å². The second-order valence-electron chi connectivity index (χ2n) is 5.38. The van der Waals surface area contributed by atoms with Gasteiger partial charge in [-0.3, -0.25) is 19.2 Å². The lowest BCUT2D eigenvalue weighted by Gasteiger charge is -2.43. The molecular weight excluding hydrogens is 324 g/mol. The minimum Gasteiger partial charge on any atom is -0.458 e. The van der Waals surface area contributed by atoms with Crippen molar-refractivity contribution in [3.63, 3.8) is 0 Å². The monoisotopic (exact) mass is 346 g/mol. The first kappa shape index (κ1) is 19.9. The van der Waals surface area contributed by atoms with Crippen LogP contribution in [0.3, 0.4) is 0 Å². The largest absolute Gasteiger partial charge is 0.458 e. The molecule has 0 aliphatic heterocycles. The van der Waals surface area contributed by atoms with Crippen LogP contribution in [0, 0.1) is 0 Å². The Morgan fingerprint density at radius 3 is 1.38 bits per heavy atom. The normalized spacial score (nSPS) is 29.3. The molecule has 1 aliphatic rings. The van der Waals surface area contributed by atoms with Crippen LogP contribution < -0.4 is 0 Å². The van der Waals surface area contributed by atoms with Gasteiger partial charge >= 0.3 is 23.9 Å². The minimum absolute atomic E-state index is 0.101. The summed E-state index contributed by atoms with van der Waals surface area (Å²) in [5, 5.41) is 0. The molecule has 0 saturated heterocycles. The molecule has 0 aromatic rings. The molecule has 9 nitrogen and oxygen atoms in total. The predicted molar refractivity (Wildman–Crippen MR) is 77.6 cm³/mol. The van der Waals surface area contributed by atoms with Crippen LogP contribution in [-0.2, 0) is 42.9 Å². The molecular formula is C15H22O9. The molecule has 0 spiro atoms. The van der Waals surface area contributed by atoms with Crippen molar-refractivity contribution >= 4 is 23.9 Å². The Labute approximate surface area is 139 Å². The summed E-state index contributed by atoms with van der Waals surface area (Å²) < 4.78 is 26.0. The fourth-order valence-electron chi connectivity index (χ4n) is 2.66. The molecule has 0 unspecified atom stereocenters. The summed E-state index contributed by atoms with van der Waals surface area (Å²) in [6.07, 6.45) is -4.82. The van der Waals surface area contributed by atoms with Crippen molar-refractivity contribution in [3.05, 3.63) is 0 Å². The molecule has 0 heterocycles. The van der Waals surface area contributed by atoms with Crippen molar-refractivity contribution in [1.82, 2.24) is 0 Å². The Balaban J connectivity index is 3.23.